The second-order valence-electron chi connectivity index (χ2n) is 5.15. The molecule has 0 bridgehead atoms. The molecule has 1 heterocycles. The van der Waals surface area contributed by atoms with Gasteiger partial charge in [0.05, 0.1) is 7.11 Å². The standard InChI is InChI=1S/C15H23NO2/c1-3-12-5-4-8-16(10-12)11-13-6-7-14(18-2)9-15(13)17/h6-7,9,12,17H,3-5,8,10-11H2,1-2H3. The van der Waals surface area contributed by atoms with Gasteiger partial charge in [0.2, 0.25) is 0 Å². The fourth-order valence-corrected chi connectivity index (χ4v) is 2.67. The van der Waals surface area contributed by atoms with E-state index in [0.29, 0.717) is 11.5 Å². The van der Waals surface area contributed by atoms with E-state index < -0.39 is 0 Å². The van der Waals surface area contributed by atoms with Gasteiger partial charge in [-0.1, -0.05) is 19.4 Å². The largest absolute Gasteiger partial charge is 0.507 e. The van der Waals surface area contributed by atoms with Gasteiger partial charge in [-0.3, -0.25) is 4.90 Å². The van der Waals surface area contributed by atoms with Crippen LogP contribution in [0.15, 0.2) is 18.2 Å². The number of methoxy groups -OCH3 is 1. The molecule has 18 heavy (non-hydrogen) atoms. The van der Waals surface area contributed by atoms with Crippen molar-refractivity contribution in [2.45, 2.75) is 32.7 Å². The summed E-state index contributed by atoms with van der Waals surface area (Å²) in [6.07, 6.45) is 3.88. The number of phenols is 1. The Labute approximate surface area is 109 Å². The first-order chi connectivity index (χ1) is 8.72. The van der Waals surface area contributed by atoms with Gasteiger partial charge >= 0.3 is 0 Å². The minimum Gasteiger partial charge on any atom is -0.507 e. The third-order valence-corrected chi connectivity index (χ3v) is 3.87. The van der Waals surface area contributed by atoms with Crippen LogP contribution in [-0.2, 0) is 6.54 Å². The van der Waals surface area contributed by atoms with Crippen LogP contribution >= 0.6 is 0 Å². The van der Waals surface area contributed by atoms with Crippen molar-refractivity contribution in [3.05, 3.63) is 23.8 Å². The Balaban J connectivity index is 2.00. The molecular weight excluding hydrogens is 226 g/mol. The lowest BCUT2D eigenvalue weighted by molar-refractivity contribution is 0.163. The van der Waals surface area contributed by atoms with Crippen LogP contribution in [0.5, 0.6) is 11.5 Å². The van der Waals surface area contributed by atoms with Crippen molar-refractivity contribution in [1.29, 1.82) is 0 Å². The first-order valence-electron chi connectivity index (χ1n) is 6.81. The van der Waals surface area contributed by atoms with E-state index in [1.165, 1.54) is 19.3 Å². The first kappa shape index (κ1) is 13.2. The van der Waals surface area contributed by atoms with Crippen LogP contribution in [0.25, 0.3) is 0 Å². The Hall–Kier alpha value is -1.22. The minimum absolute atomic E-state index is 0.341. The van der Waals surface area contributed by atoms with Gasteiger partial charge in [0, 0.05) is 24.7 Å². The molecule has 2 rings (SSSR count). The molecule has 1 aliphatic rings. The van der Waals surface area contributed by atoms with Crippen LogP contribution in [0.4, 0.5) is 0 Å². The molecule has 3 nitrogen and oxygen atoms in total. The Morgan fingerprint density at radius 2 is 2.28 bits per heavy atom. The zero-order valence-corrected chi connectivity index (χ0v) is 11.4. The van der Waals surface area contributed by atoms with E-state index in [4.69, 9.17) is 4.74 Å². The minimum atomic E-state index is 0.341. The van der Waals surface area contributed by atoms with E-state index in [1.807, 2.05) is 12.1 Å². The summed E-state index contributed by atoms with van der Waals surface area (Å²) in [6.45, 7) is 5.40. The van der Waals surface area contributed by atoms with E-state index in [2.05, 4.69) is 11.8 Å². The van der Waals surface area contributed by atoms with Crippen molar-refractivity contribution in [3.63, 3.8) is 0 Å². The van der Waals surface area contributed by atoms with E-state index in [9.17, 15) is 5.11 Å². The Morgan fingerprint density at radius 3 is 2.94 bits per heavy atom. The highest BCUT2D eigenvalue weighted by Gasteiger charge is 2.19. The number of benzene rings is 1. The summed E-state index contributed by atoms with van der Waals surface area (Å²) in [7, 11) is 1.62. The van der Waals surface area contributed by atoms with Crippen molar-refractivity contribution in [3.8, 4) is 11.5 Å². The molecule has 0 aliphatic carbocycles. The second kappa shape index (κ2) is 6.10. The number of hydrogen-bond acceptors (Lipinski definition) is 3. The van der Waals surface area contributed by atoms with Gasteiger partial charge in [-0.05, 0) is 31.4 Å². The number of ether oxygens (including phenoxy) is 1. The molecule has 0 aromatic heterocycles. The molecule has 1 aromatic rings. The molecule has 100 valence electrons. The van der Waals surface area contributed by atoms with Crippen LogP contribution < -0.4 is 4.74 Å². The van der Waals surface area contributed by atoms with Crippen LogP contribution in [0.3, 0.4) is 0 Å². The Kier molecular flexibility index (Phi) is 4.48. The van der Waals surface area contributed by atoms with Gasteiger partial charge in [-0.15, -0.1) is 0 Å². The van der Waals surface area contributed by atoms with Gasteiger partial charge in [0.15, 0.2) is 0 Å². The summed E-state index contributed by atoms with van der Waals surface area (Å²) in [5.74, 6) is 1.87. The van der Waals surface area contributed by atoms with Gasteiger partial charge < -0.3 is 9.84 Å². The molecular formula is C15H23NO2. The lowest BCUT2D eigenvalue weighted by Crippen LogP contribution is -2.34. The van der Waals surface area contributed by atoms with Crippen LogP contribution in [-0.4, -0.2) is 30.2 Å². The quantitative estimate of drug-likeness (QED) is 0.890. The molecule has 1 unspecified atom stereocenters. The molecule has 1 aliphatic heterocycles. The fraction of sp³-hybridized carbons (Fsp3) is 0.600. The molecule has 0 spiro atoms. The van der Waals surface area contributed by atoms with E-state index in [1.54, 1.807) is 13.2 Å². The highest BCUT2D eigenvalue weighted by atomic mass is 16.5. The average Bonchev–Trinajstić information content (AvgIpc) is 2.41. The van der Waals surface area contributed by atoms with E-state index in [0.717, 1.165) is 31.1 Å². The normalized spacial score (nSPS) is 20.9. The van der Waals surface area contributed by atoms with Crippen molar-refractivity contribution < 1.29 is 9.84 Å². The summed E-state index contributed by atoms with van der Waals surface area (Å²) in [5.41, 5.74) is 0.993. The predicted molar refractivity (Wildman–Crippen MR) is 73.0 cm³/mol. The summed E-state index contributed by atoms with van der Waals surface area (Å²) < 4.78 is 5.10. The van der Waals surface area contributed by atoms with Crippen molar-refractivity contribution in [2.24, 2.45) is 5.92 Å². The second-order valence-corrected chi connectivity index (χ2v) is 5.15. The summed E-state index contributed by atoms with van der Waals surface area (Å²) >= 11 is 0. The summed E-state index contributed by atoms with van der Waals surface area (Å²) in [4.78, 5) is 2.44. The zero-order chi connectivity index (χ0) is 13.0. The lowest BCUT2D eigenvalue weighted by atomic mass is 9.95. The van der Waals surface area contributed by atoms with Gasteiger partial charge in [-0.25, -0.2) is 0 Å². The van der Waals surface area contributed by atoms with E-state index in [-0.39, 0.29) is 0 Å². The highest BCUT2D eigenvalue weighted by molar-refractivity contribution is 5.39. The fourth-order valence-electron chi connectivity index (χ4n) is 2.67. The maximum absolute atomic E-state index is 9.97. The number of aromatic hydroxyl groups is 1. The number of phenolic OH excluding ortho intramolecular Hbond substituents is 1. The number of rotatable bonds is 4. The maximum atomic E-state index is 9.97. The Bertz CT molecular complexity index is 392. The predicted octanol–water partition coefficient (Wildman–Crippen LogP) is 3.02. The molecule has 0 amide bonds. The van der Waals surface area contributed by atoms with E-state index >= 15 is 0 Å². The third kappa shape index (κ3) is 3.16. The molecule has 0 saturated carbocycles. The lowest BCUT2D eigenvalue weighted by Gasteiger charge is -2.32. The molecule has 1 atom stereocenters. The van der Waals surface area contributed by atoms with Crippen molar-refractivity contribution in [1.82, 2.24) is 4.90 Å². The first-order valence-corrected chi connectivity index (χ1v) is 6.81. The number of hydrogen-bond donors (Lipinski definition) is 1. The van der Waals surface area contributed by atoms with Crippen LogP contribution in [0, 0.1) is 5.92 Å². The van der Waals surface area contributed by atoms with Crippen LogP contribution in [0.2, 0.25) is 0 Å². The number of nitrogens with zero attached hydrogens (tertiary/aromatic N) is 1. The summed E-state index contributed by atoms with van der Waals surface area (Å²) in [5, 5.41) is 9.97. The monoisotopic (exact) mass is 249 g/mol. The summed E-state index contributed by atoms with van der Waals surface area (Å²) in [6, 6.07) is 5.57. The smallest absolute Gasteiger partial charge is 0.123 e. The molecule has 1 aromatic carbocycles. The van der Waals surface area contributed by atoms with Gasteiger partial charge in [0.1, 0.15) is 11.5 Å². The topological polar surface area (TPSA) is 32.7 Å². The third-order valence-electron chi connectivity index (χ3n) is 3.87. The van der Waals surface area contributed by atoms with Crippen molar-refractivity contribution >= 4 is 0 Å². The molecule has 1 saturated heterocycles. The molecule has 0 radical (unpaired) electrons. The Morgan fingerprint density at radius 1 is 1.44 bits per heavy atom. The zero-order valence-electron chi connectivity index (χ0n) is 11.4. The number of likely N-dealkylation sites (tertiary alicyclic amines) is 1. The molecule has 1 fully saturated rings. The average molecular weight is 249 g/mol. The maximum Gasteiger partial charge on any atom is 0.123 e. The highest BCUT2D eigenvalue weighted by Crippen LogP contribution is 2.27. The molecule has 3 heteroatoms. The van der Waals surface area contributed by atoms with Gasteiger partial charge in [-0.2, -0.15) is 0 Å². The SMILES string of the molecule is CCC1CCCN(Cc2ccc(OC)cc2O)C1. The van der Waals surface area contributed by atoms with Crippen molar-refractivity contribution in [2.75, 3.05) is 20.2 Å². The molecule has 1 N–H and O–H groups in total. The van der Waals surface area contributed by atoms with Gasteiger partial charge in [0.25, 0.3) is 0 Å². The number of piperidine rings is 1. The van der Waals surface area contributed by atoms with Crippen LogP contribution in [0.1, 0.15) is 31.7 Å².